The lowest BCUT2D eigenvalue weighted by Gasteiger charge is -2.33. The standard InChI is InChI=1S/C30H35ClFN3O4S/c1-5-27(30(37)33-18-21(2)3)34(19-23-10-6-7-11-25(23)31)29(36)20-35(28-13-9-8-12-26(28)32)40(38,39)24-16-14-22(4)15-17-24/h6-17,21,27H,5,18-20H2,1-4H3,(H,33,37). The lowest BCUT2D eigenvalue weighted by atomic mass is 10.1. The second kappa shape index (κ2) is 13.8. The number of hydrogen-bond acceptors (Lipinski definition) is 4. The van der Waals surface area contributed by atoms with E-state index in [2.05, 4.69) is 5.32 Å². The van der Waals surface area contributed by atoms with Crippen LogP contribution in [0.3, 0.4) is 0 Å². The van der Waals surface area contributed by atoms with Crippen LogP contribution in [-0.2, 0) is 26.2 Å². The molecule has 0 spiro atoms. The molecule has 2 amide bonds. The van der Waals surface area contributed by atoms with Crippen molar-refractivity contribution in [2.75, 3.05) is 17.4 Å². The SMILES string of the molecule is CCC(C(=O)NCC(C)C)N(Cc1ccccc1Cl)C(=O)CN(c1ccccc1F)S(=O)(=O)c1ccc(C)cc1. The number of benzene rings is 3. The monoisotopic (exact) mass is 587 g/mol. The van der Waals surface area contributed by atoms with Gasteiger partial charge in [0, 0.05) is 18.1 Å². The van der Waals surface area contributed by atoms with E-state index in [0.29, 0.717) is 17.1 Å². The third-order valence-electron chi connectivity index (χ3n) is 6.38. The normalized spacial score (nSPS) is 12.2. The van der Waals surface area contributed by atoms with Gasteiger partial charge in [-0.05, 0) is 55.2 Å². The van der Waals surface area contributed by atoms with Gasteiger partial charge in [-0.2, -0.15) is 0 Å². The molecule has 0 heterocycles. The van der Waals surface area contributed by atoms with Crippen molar-refractivity contribution in [3.8, 4) is 0 Å². The molecule has 10 heteroatoms. The Morgan fingerprint density at radius 3 is 2.20 bits per heavy atom. The molecule has 40 heavy (non-hydrogen) atoms. The zero-order valence-corrected chi connectivity index (χ0v) is 24.7. The maximum atomic E-state index is 15.0. The number of sulfonamides is 1. The Morgan fingerprint density at radius 1 is 0.975 bits per heavy atom. The van der Waals surface area contributed by atoms with Crippen molar-refractivity contribution in [3.05, 3.63) is 94.8 Å². The van der Waals surface area contributed by atoms with Crippen molar-refractivity contribution >= 4 is 39.1 Å². The smallest absolute Gasteiger partial charge is 0.264 e. The number of carbonyl (C=O) groups excluding carboxylic acids is 2. The first-order valence-electron chi connectivity index (χ1n) is 13.1. The van der Waals surface area contributed by atoms with Gasteiger partial charge in [-0.3, -0.25) is 13.9 Å². The van der Waals surface area contributed by atoms with Gasteiger partial charge in [0.2, 0.25) is 11.8 Å². The van der Waals surface area contributed by atoms with Crippen LogP contribution in [-0.4, -0.2) is 44.3 Å². The molecule has 0 radical (unpaired) electrons. The zero-order chi connectivity index (χ0) is 29.4. The minimum Gasteiger partial charge on any atom is -0.354 e. The maximum Gasteiger partial charge on any atom is 0.264 e. The molecule has 0 aliphatic heterocycles. The Balaban J connectivity index is 2.07. The Kier molecular flexibility index (Phi) is 10.7. The Bertz CT molecular complexity index is 1430. The molecule has 3 aromatic rings. The summed E-state index contributed by atoms with van der Waals surface area (Å²) < 4.78 is 43.4. The van der Waals surface area contributed by atoms with Crippen LogP contribution in [0.5, 0.6) is 0 Å². The number of nitrogens with zero attached hydrogens (tertiary/aromatic N) is 2. The highest BCUT2D eigenvalue weighted by Crippen LogP contribution is 2.28. The fourth-order valence-corrected chi connectivity index (χ4v) is 5.77. The van der Waals surface area contributed by atoms with E-state index in [-0.39, 0.29) is 35.4 Å². The van der Waals surface area contributed by atoms with Gasteiger partial charge in [-0.15, -0.1) is 0 Å². The van der Waals surface area contributed by atoms with Crippen molar-refractivity contribution in [2.24, 2.45) is 5.92 Å². The van der Waals surface area contributed by atoms with Crippen molar-refractivity contribution in [3.63, 3.8) is 0 Å². The van der Waals surface area contributed by atoms with Crippen LogP contribution in [0.15, 0.2) is 77.7 Å². The second-order valence-electron chi connectivity index (χ2n) is 9.95. The van der Waals surface area contributed by atoms with Crippen LogP contribution in [0.4, 0.5) is 10.1 Å². The van der Waals surface area contributed by atoms with E-state index in [0.717, 1.165) is 15.9 Å². The number of halogens is 2. The van der Waals surface area contributed by atoms with Crippen LogP contribution in [0.2, 0.25) is 5.02 Å². The van der Waals surface area contributed by atoms with Crippen LogP contribution in [0.1, 0.15) is 38.3 Å². The largest absolute Gasteiger partial charge is 0.354 e. The predicted molar refractivity (Wildman–Crippen MR) is 156 cm³/mol. The highest BCUT2D eigenvalue weighted by atomic mass is 35.5. The Morgan fingerprint density at radius 2 is 1.60 bits per heavy atom. The van der Waals surface area contributed by atoms with Crippen LogP contribution < -0.4 is 9.62 Å². The molecular formula is C30H35ClFN3O4S. The first-order chi connectivity index (χ1) is 18.9. The van der Waals surface area contributed by atoms with Gasteiger partial charge in [-0.1, -0.05) is 80.4 Å². The molecule has 1 unspecified atom stereocenters. The zero-order valence-electron chi connectivity index (χ0n) is 23.1. The lowest BCUT2D eigenvalue weighted by Crippen LogP contribution is -2.52. The summed E-state index contributed by atoms with van der Waals surface area (Å²) in [6.45, 7) is 7.14. The number of amides is 2. The molecular weight excluding hydrogens is 553 g/mol. The summed E-state index contributed by atoms with van der Waals surface area (Å²) in [6, 6.07) is 17.5. The van der Waals surface area contributed by atoms with E-state index in [1.165, 1.54) is 35.2 Å². The number of para-hydroxylation sites is 1. The fraction of sp³-hybridized carbons (Fsp3) is 0.333. The average molecular weight is 588 g/mol. The van der Waals surface area contributed by atoms with Crippen molar-refractivity contribution in [2.45, 2.75) is 51.6 Å². The lowest BCUT2D eigenvalue weighted by molar-refractivity contribution is -0.140. The maximum absolute atomic E-state index is 15.0. The molecule has 0 aliphatic rings. The summed E-state index contributed by atoms with van der Waals surface area (Å²) in [5.74, 6) is -1.66. The first kappa shape index (κ1) is 31.1. The second-order valence-corrected chi connectivity index (χ2v) is 12.2. The summed E-state index contributed by atoms with van der Waals surface area (Å²) in [6.07, 6.45) is 0.268. The first-order valence-corrected chi connectivity index (χ1v) is 14.9. The van der Waals surface area contributed by atoms with Crippen molar-refractivity contribution in [1.82, 2.24) is 10.2 Å². The molecule has 0 aliphatic carbocycles. The van der Waals surface area contributed by atoms with Crippen LogP contribution in [0, 0.1) is 18.7 Å². The summed E-state index contributed by atoms with van der Waals surface area (Å²) >= 11 is 6.40. The van der Waals surface area contributed by atoms with Gasteiger partial charge in [0.25, 0.3) is 10.0 Å². The molecule has 1 atom stereocenters. The van der Waals surface area contributed by atoms with Gasteiger partial charge < -0.3 is 10.2 Å². The molecule has 0 aromatic heterocycles. The molecule has 3 aromatic carbocycles. The third-order valence-corrected chi connectivity index (χ3v) is 8.52. The molecule has 0 fully saturated rings. The van der Waals surface area contributed by atoms with Gasteiger partial charge >= 0.3 is 0 Å². The number of anilines is 1. The Labute approximate surface area is 241 Å². The minimum atomic E-state index is -4.36. The van der Waals surface area contributed by atoms with Gasteiger partial charge in [-0.25, -0.2) is 12.8 Å². The van der Waals surface area contributed by atoms with E-state index < -0.39 is 34.3 Å². The number of nitrogens with one attached hydrogen (secondary N) is 1. The van der Waals surface area contributed by atoms with E-state index in [1.54, 1.807) is 43.3 Å². The van der Waals surface area contributed by atoms with Crippen LogP contribution >= 0.6 is 11.6 Å². The van der Waals surface area contributed by atoms with Gasteiger partial charge in [0.1, 0.15) is 18.4 Å². The highest BCUT2D eigenvalue weighted by molar-refractivity contribution is 7.92. The number of hydrogen-bond donors (Lipinski definition) is 1. The Hall–Kier alpha value is -3.43. The minimum absolute atomic E-state index is 0.0399. The molecule has 1 N–H and O–H groups in total. The van der Waals surface area contributed by atoms with E-state index >= 15 is 4.39 Å². The predicted octanol–water partition coefficient (Wildman–Crippen LogP) is 5.56. The summed E-state index contributed by atoms with van der Waals surface area (Å²) in [5.41, 5.74) is 1.16. The highest BCUT2D eigenvalue weighted by Gasteiger charge is 2.34. The third kappa shape index (κ3) is 7.61. The van der Waals surface area contributed by atoms with E-state index in [4.69, 9.17) is 11.6 Å². The molecule has 214 valence electrons. The average Bonchev–Trinajstić information content (AvgIpc) is 2.92. The van der Waals surface area contributed by atoms with Crippen molar-refractivity contribution in [1.29, 1.82) is 0 Å². The molecule has 0 saturated heterocycles. The quantitative estimate of drug-likeness (QED) is 0.300. The van der Waals surface area contributed by atoms with Crippen molar-refractivity contribution < 1.29 is 22.4 Å². The summed E-state index contributed by atoms with van der Waals surface area (Å²) in [4.78, 5) is 28.5. The molecule has 0 saturated carbocycles. The van der Waals surface area contributed by atoms with E-state index in [1.807, 2.05) is 20.8 Å². The molecule has 0 bridgehead atoms. The fourth-order valence-electron chi connectivity index (χ4n) is 4.16. The number of carbonyl (C=O) groups is 2. The topological polar surface area (TPSA) is 86.8 Å². The van der Waals surface area contributed by atoms with E-state index in [9.17, 15) is 18.0 Å². The van der Waals surface area contributed by atoms with Gasteiger partial charge in [0.05, 0.1) is 10.6 Å². The molecule has 7 nitrogen and oxygen atoms in total. The molecule has 3 rings (SSSR count). The number of aryl methyl sites for hydroxylation is 1. The van der Waals surface area contributed by atoms with Crippen LogP contribution in [0.25, 0.3) is 0 Å². The number of rotatable bonds is 12. The summed E-state index contributed by atoms with van der Waals surface area (Å²) in [5, 5.41) is 3.27. The van der Waals surface area contributed by atoms with Gasteiger partial charge in [0.15, 0.2) is 0 Å². The summed E-state index contributed by atoms with van der Waals surface area (Å²) in [7, 11) is -4.36.